The number of nitrogens with zero attached hydrogens (tertiary/aromatic N) is 1. The van der Waals surface area contributed by atoms with Crippen LogP contribution in [-0.4, -0.2) is 45.8 Å². The number of rotatable bonds is 6. The molecule has 2 unspecified atom stereocenters. The van der Waals surface area contributed by atoms with Crippen LogP contribution in [0.4, 0.5) is 5.69 Å². The minimum absolute atomic E-state index is 0.00689. The molecule has 0 spiro atoms. The van der Waals surface area contributed by atoms with Crippen molar-refractivity contribution >= 4 is 52.7 Å². The van der Waals surface area contributed by atoms with Crippen molar-refractivity contribution < 1.29 is 24.3 Å². The SMILES string of the molecule is CC(=O)NC(CSC1CC(=O)N(c2ccc(Cl)cc2)C1=O)C(=O)O. The fourth-order valence-corrected chi connectivity index (χ4v) is 3.51. The number of thioether (sulfide) groups is 1. The Kier molecular flexibility index (Phi) is 5.84. The van der Waals surface area contributed by atoms with Crippen LogP contribution in [0.3, 0.4) is 0 Å². The minimum Gasteiger partial charge on any atom is -0.480 e. The number of carbonyl (C=O) groups excluding carboxylic acids is 3. The zero-order valence-electron chi connectivity index (χ0n) is 12.7. The van der Waals surface area contributed by atoms with E-state index >= 15 is 0 Å². The van der Waals surface area contributed by atoms with E-state index in [1.165, 1.54) is 6.92 Å². The summed E-state index contributed by atoms with van der Waals surface area (Å²) < 4.78 is 0. The molecule has 9 heteroatoms. The number of imide groups is 1. The molecule has 0 aliphatic carbocycles. The molecule has 1 aliphatic rings. The molecular formula is C15H15ClN2O5S. The number of hydrogen-bond acceptors (Lipinski definition) is 5. The molecule has 1 aliphatic heterocycles. The molecular weight excluding hydrogens is 356 g/mol. The Morgan fingerprint density at radius 1 is 1.38 bits per heavy atom. The maximum absolute atomic E-state index is 12.4. The van der Waals surface area contributed by atoms with E-state index in [9.17, 15) is 19.2 Å². The van der Waals surface area contributed by atoms with Crippen molar-refractivity contribution in [1.82, 2.24) is 5.32 Å². The Morgan fingerprint density at radius 3 is 2.54 bits per heavy atom. The molecule has 2 rings (SSSR count). The van der Waals surface area contributed by atoms with Crippen molar-refractivity contribution in [2.75, 3.05) is 10.7 Å². The normalized spacial score (nSPS) is 18.6. The summed E-state index contributed by atoms with van der Waals surface area (Å²) in [5, 5.41) is 11.2. The molecule has 7 nitrogen and oxygen atoms in total. The molecule has 0 radical (unpaired) electrons. The fraction of sp³-hybridized carbons (Fsp3) is 0.333. The van der Waals surface area contributed by atoms with Gasteiger partial charge in [0, 0.05) is 24.1 Å². The first kappa shape index (κ1) is 18.3. The van der Waals surface area contributed by atoms with Crippen molar-refractivity contribution in [3.05, 3.63) is 29.3 Å². The number of carboxylic acids is 1. The average Bonchev–Trinajstić information content (AvgIpc) is 2.78. The van der Waals surface area contributed by atoms with Crippen LogP contribution in [0, 0.1) is 0 Å². The predicted molar refractivity (Wildman–Crippen MR) is 90.0 cm³/mol. The Labute approximate surface area is 147 Å². The lowest BCUT2D eigenvalue weighted by Crippen LogP contribution is -2.42. The highest BCUT2D eigenvalue weighted by molar-refractivity contribution is 8.00. The Morgan fingerprint density at radius 2 is 2.00 bits per heavy atom. The summed E-state index contributed by atoms with van der Waals surface area (Å²) in [5.74, 6) is -2.43. The highest BCUT2D eigenvalue weighted by Gasteiger charge is 2.40. The van der Waals surface area contributed by atoms with Crippen molar-refractivity contribution in [3.8, 4) is 0 Å². The number of carbonyl (C=O) groups is 4. The first-order valence-electron chi connectivity index (χ1n) is 7.03. The quantitative estimate of drug-likeness (QED) is 0.731. The van der Waals surface area contributed by atoms with Crippen molar-refractivity contribution in [1.29, 1.82) is 0 Å². The number of anilines is 1. The van der Waals surface area contributed by atoms with Crippen molar-refractivity contribution in [2.45, 2.75) is 24.6 Å². The van der Waals surface area contributed by atoms with Crippen LogP contribution in [0.25, 0.3) is 0 Å². The van der Waals surface area contributed by atoms with Gasteiger partial charge in [-0.25, -0.2) is 9.69 Å². The molecule has 3 amide bonds. The van der Waals surface area contributed by atoms with Crippen LogP contribution in [-0.2, 0) is 19.2 Å². The van der Waals surface area contributed by atoms with Gasteiger partial charge < -0.3 is 10.4 Å². The highest BCUT2D eigenvalue weighted by atomic mass is 35.5. The van der Waals surface area contributed by atoms with E-state index in [-0.39, 0.29) is 18.1 Å². The molecule has 1 saturated heterocycles. The third kappa shape index (κ3) is 4.27. The number of carboxylic acid groups (broad SMARTS) is 1. The standard InChI is InChI=1S/C15H15ClN2O5S/c1-8(19)17-11(15(22)23)7-24-12-6-13(20)18(14(12)21)10-4-2-9(16)3-5-10/h2-5,11-12H,6-7H2,1H3,(H,17,19)(H,22,23). The molecule has 1 aromatic carbocycles. The molecule has 0 bridgehead atoms. The first-order chi connectivity index (χ1) is 11.3. The van der Waals surface area contributed by atoms with E-state index in [0.717, 1.165) is 16.7 Å². The zero-order valence-corrected chi connectivity index (χ0v) is 14.3. The molecule has 2 N–H and O–H groups in total. The summed E-state index contributed by atoms with van der Waals surface area (Å²) in [7, 11) is 0. The van der Waals surface area contributed by atoms with Crippen LogP contribution >= 0.6 is 23.4 Å². The lowest BCUT2D eigenvalue weighted by molar-refractivity contribution is -0.140. The lowest BCUT2D eigenvalue weighted by Gasteiger charge is -2.16. The third-order valence-electron chi connectivity index (χ3n) is 3.33. The Balaban J connectivity index is 2.04. The molecule has 0 aromatic heterocycles. The second-order valence-electron chi connectivity index (χ2n) is 5.16. The van der Waals surface area contributed by atoms with Crippen LogP contribution in [0.1, 0.15) is 13.3 Å². The Hall–Kier alpha value is -2.06. The molecule has 24 heavy (non-hydrogen) atoms. The largest absolute Gasteiger partial charge is 0.480 e. The summed E-state index contributed by atoms with van der Waals surface area (Å²) in [4.78, 5) is 47.7. The number of hydrogen-bond donors (Lipinski definition) is 2. The van der Waals surface area contributed by atoms with Gasteiger partial charge in [0.25, 0.3) is 0 Å². The molecule has 1 heterocycles. The van der Waals surface area contributed by atoms with E-state index in [1.54, 1.807) is 24.3 Å². The van der Waals surface area contributed by atoms with Gasteiger partial charge in [-0.1, -0.05) is 11.6 Å². The summed E-state index contributed by atoms with van der Waals surface area (Å²) in [6.45, 7) is 1.22. The van der Waals surface area contributed by atoms with Crippen molar-refractivity contribution in [2.24, 2.45) is 0 Å². The first-order valence-corrected chi connectivity index (χ1v) is 8.46. The number of benzene rings is 1. The number of aliphatic carboxylic acids is 1. The third-order valence-corrected chi connectivity index (χ3v) is 4.88. The summed E-state index contributed by atoms with van der Waals surface area (Å²) in [6, 6.07) is 5.19. The van der Waals surface area contributed by atoms with E-state index in [1.807, 2.05) is 0 Å². The summed E-state index contributed by atoms with van der Waals surface area (Å²) in [6.07, 6.45) is -0.0153. The van der Waals surface area contributed by atoms with E-state index in [4.69, 9.17) is 16.7 Å². The summed E-state index contributed by atoms with van der Waals surface area (Å²) in [5.41, 5.74) is 0.425. The lowest BCUT2D eigenvalue weighted by atomic mass is 10.3. The number of halogens is 1. The molecule has 128 valence electrons. The molecule has 2 atom stereocenters. The van der Waals surface area contributed by atoms with Gasteiger partial charge in [0.05, 0.1) is 10.9 Å². The second-order valence-corrected chi connectivity index (χ2v) is 6.83. The van der Waals surface area contributed by atoms with Crippen LogP contribution < -0.4 is 10.2 Å². The smallest absolute Gasteiger partial charge is 0.327 e. The van der Waals surface area contributed by atoms with Gasteiger partial charge in [-0.15, -0.1) is 11.8 Å². The van der Waals surface area contributed by atoms with Gasteiger partial charge >= 0.3 is 5.97 Å². The van der Waals surface area contributed by atoms with Gasteiger partial charge in [-0.05, 0) is 24.3 Å². The van der Waals surface area contributed by atoms with Crippen LogP contribution in [0.5, 0.6) is 0 Å². The minimum atomic E-state index is -1.19. The van der Waals surface area contributed by atoms with Gasteiger partial charge in [0.1, 0.15) is 6.04 Å². The average molecular weight is 371 g/mol. The monoisotopic (exact) mass is 370 g/mol. The maximum Gasteiger partial charge on any atom is 0.327 e. The van der Waals surface area contributed by atoms with E-state index in [2.05, 4.69) is 5.32 Å². The van der Waals surface area contributed by atoms with Crippen LogP contribution in [0.15, 0.2) is 24.3 Å². The Bertz CT molecular complexity index is 679. The fourth-order valence-electron chi connectivity index (χ4n) is 2.23. The van der Waals surface area contributed by atoms with Gasteiger partial charge in [-0.3, -0.25) is 14.4 Å². The van der Waals surface area contributed by atoms with E-state index < -0.39 is 29.1 Å². The van der Waals surface area contributed by atoms with Crippen LogP contribution in [0.2, 0.25) is 5.02 Å². The molecule has 1 fully saturated rings. The predicted octanol–water partition coefficient (Wildman–Crippen LogP) is 1.29. The van der Waals surface area contributed by atoms with Gasteiger partial charge in [-0.2, -0.15) is 0 Å². The molecule has 0 saturated carbocycles. The van der Waals surface area contributed by atoms with Crippen molar-refractivity contribution in [3.63, 3.8) is 0 Å². The molecule has 1 aromatic rings. The summed E-state index contributed by atoms with van der Waals surface area (Å²) >= 11 is 6.84. The second kappa shape index (κ2) is 7.67. The zero-order chi connectivity index (χ0) is 17.9. The maximum atomic E-state index is 12.4. The van der Waals surface area contributed by atoms with E-state index in [0.29, 0.717) is 10.7 Å². The van der Waals surface area contributed by atoms with Gasteiger partial charge in [0.15, 0.2) is 0 Å². The topological polar surface area (TPSA) is 104 Å². The number of amides is 3. The van der Waals surface area contributed by atoms with Gasteiger partial charge in [0.2, 0.25) is 17.7 Å². The number of nitrogens with one attached hydrogen (secondary N) is 1. The highest BCUT2D eigenvalue weighted by Crippen LogP contribution is 2.30.